The Kier molecular flexibility index (Phi) is 3.69. The summed E-state index contributed by atoms with van der Waals surface area (Å²) in [5, 5.41) is 0. The molecule has 0 bridgehead atoms. The predicted octanol–water partition coefficient (Wildman–Crippen LogP) is 3.42. The van der Waals surface area contributed by atoms with Gasteiger partial charge in [0.2, 0.25) is 0 Å². The molecule has 0 heterocycles. The highest BCUT2D eigenvalue weighted by molar-refractivity contribution is 9.11. The topological polar surface area (TPSA) is 17.1 Å². The second-order valence-electron chi connectivity index (χ2n) is 2.13. The maximum atomic E-state index is 10.1. The van der Waals surface area contributed by atoms with Gasteiger partial charge < -0.3 is 0 Å². The summed E-state index contributed by atoms with van der Waals surface area (Å²) in [6.45, 7) is 0. The Bertz CT molecular complexity index is 298. The van der Waals surface area contributed by atoms with Gasteiger partial charge in [-0.15, -0.1) is 0 Å². The van der Waals surface area contributed by atoms with Gasteiger partial charge in [-0.05, 0) is 24.3 Å². The molecule has 0 aromatic heterocycles. The lowest BCUT2D eigenvalue weighted by atomic mass is 10.2. The molecule has 0 fully saturated rings. The number of carbonyl (C=O) groups excluding carboxylic acids is 1. The second kappa shape index (κ2) is 4.58. The summed E-state index contributed by atoms with van der Waals surface area (Å²) in [5.74, 6) is 0. The van der Waals surface area contributed by atoms with E-state index >= 15 is 0 Å². The fourth-order valence-corrected chi connectivity index (χ4v) is 2.07. The fourth-order valence-electron chi connectivity index (χ4n) is 0.805. The third kappa shape index (κ3) is 2.29. The average molecular weight is 290 g/mol. The summed E-state index contributed by atoms with van der Waals surface area (Å²) in [4.78, 5) is 10.1. The lowest BCUT2D eigenvalue weighted by Crippen LogP contribution is -1.77. The first-order valence-electron chi connectivity index (χ1n) is 3.31. The van der Waals surface area contributed by atoms with Crippen molar-refractivity contribution in [1.82, 2.24) is 0 Å². The van der Waals surface area contributed by atoms with Crippen molar-refractivity contribution in [3.8, 4) is 0 Å². The highest BCUT2D eigenvalue weighted by Gasteiger charge is 1.98. The molecule has 0 amide bonds. The van der Waals surface area contributed by atoms with Crippen LogP contribution in [0.3, 0.4) is 0 Å². The van der Waals surface area contributed by atoms with Gasteiger partial charge >= 0.3 is 0 Å². The van der Waals surface area contributed by atoms with Gasteiger partial charge in [0.25, 0.3) is 0 Å². The minimum absolute atomic E-state index is 0.756. The molecule has 3 heteroatoms. The molecular weight excluding hydrogens is 284 g/mol. The van der Waals surface area contributed by atoms with Crippen molar-refractivity contribution in [3.05, 3.63) is 38.8 Å². The van der Waals surface area contributed by atoms with Crippen LogP contribution in [0.15, 0.2) is 33.2 Å². The Labute approximate surface area is 87.7 Å². The lowest BCUT2D eigenvalue weighted by Gasteiger charge is -1.99. The van der Waals surface area contributed by atoms with Crippen LogP contribution < -0.4 is 0 Å². The third-order valence-corrected chi connectivity index (χ3v) is 2.72. The molecule has 0 aliphatic carbocycles. The zero-order chi connectivity index (χ0) is 8.97. The molecular formula is C9H6Br2O. The van der Waals surface area contributed by atoms with E-state index in [0.29, 0.717) is 0 Å². The van der Waals surface area contributed by atoms with Crippen LogP contribution in [0.4, 0.5) is 0 Å². The summed E-state index contributed by atoms with van der Waals surface area (Å²) in [6.07, 6.45) is 3.97. The number of hydrogen-bond acceptors (Lipinski definition) is 1. The number of carbonyl (C=O) groups is 1. The van der Waals surface area contributed by atoms with Crippen LogP contribution in [-0.2, 0) is 4.79 Å². The first kappa shape index (κ1) is 9.68. The van der Waals surface area contributed by atoms with Gasteiger partial charge in [0, 0.05) is 14.5 Å². The van der Waals surface area contributed by atoms with Crippen LogP contribution in [0.2, 0.25) is 0 Å². The Morgan fingerprint density at radius 2 is 1.75 bits per heavy atom. The van der Waals surface area contributed by atoms with Crippen LogP contribution in [0.5, 0.6) is 0 Å². The standard InChI is InChI=1S/C9H6Br2O/c10-8-4-1-5-9(11)7(8)3-2-6-12/h1-6H. The first-order chi connectivity index (χ1) is 5.75. The van der Waals surface area contributed by atoms with Gasteiger partial charge in [-0.3, -0.25) is 4.79 Å². The average Bonchev–Trinajstić information content (AvgIpc) is 2.04. The second-order valence-corrected chi connectivity index (χ2v) is 3.84. The number of allylic oxidation sites excluding steroid dienone is 1. The fraction of sp³-hybridized carbons (Fsp3) is 0. The maximum Gasteiger partial charge on any atom is 0.142 e. The van der Waals surface area contributed by atoms with Crippen molar-refractivity contribution in [3.63, 3.8) is 0 Å². The molecule has 0 aliphatic rings. The van der Waals surface area contributed by atoms with E-state index in [4.69, 9.17) is 0 Å². The van der Waals surface area contributed by atoms with Gasteiger partial charge in [0.05, 0.1) is 0 Å². The van der Waals surface area contributed by atoms with Crippen LogP contribution >= 0.6 is 31.9 Å². The highest BCUT2D eigenvalue weighted by Crippen LogP contribution is 2.25. The summed E-state index contributed by atoms with van der Waals surface area (Å²) in [5.41, 5.74) is 0.976. The lowest BCUT2D eigenvalue weighted by molar-refractivity contribution is -0.104. The van der Waals surface area contributed by atoms with E-state index in [2.05, 4.69) is 31.9 Å². The van der Waals surface area contributed by atoms with E-state index in [1.165, 1.54) is 6.08 Å². The van der Waals surface area contributed by atoms with Crippen LogP contribution in [0, 0.1) is 0 Å². The van der Waals surface area contributed by atoms with Gasteiger partial charge in [-0.1, -0.05) is 37.9 Å². The van der Waals surface area contributed by atoms with Crippen LogP contribution in [0.1, 0.15) is 5.56 Å². The van der Waals surface area contributed by atoms with E-state index in [-0.39, 0.29) is 0 Å². The minimum atomic E-state index is 0.756. The molecule has 0 aliphatic heterocycles. The highest BCUT2D eigenvalue weighted by atomic mass is 79.9. The predicted molar refractivity (Wildman–Crippen MR) is 56.9 cm³/mol. The summed E-state index contributed by atoms with van der Waals surface area (Å²) in [7, 11) is 0. The number of aldehydes is 1. The Morgan fingerprint density at radius 3 is 2.25 bits per heavy atom. The van der Waals surface area contributed by atoms with Crippen molar-refractivity contribution in [2.24, 2.45) is 0 Å². The molecule has 1 aromatic carbocycles. The molecule has 0 saturated heterocycles. The summed E-state index contributed by atoms with van der Waals surface area (Å²) < 4.78 is 1.94. The third-order valence-electron chi connectivity index (χ3n) is 1.34. The first-order valence-corrected chi connectivity index (χ1v) is 4.90. The van der Waals surface area contributed by atoms with E-state index < -0.39 is 0 Å². The van der Waals surface area contributed by atoms with Crippen molar-refractivity contribution in [1.29, 1.82) is 0 Å². The Balaban J connectivity index is 3.12. The molecule has 0 spiro atoms. The van der Waals surface area contributed by atoms with Gasteiger partial charge in [0.1, 0.15) is 6.29 Å². The van der Waals surface area contributed by atoms with E-state index in [9.17, 15) is 4.79 Å². The SMILES string of the molecule is O=CC=Cc1c(Br)cccc1Br. The number of benzene rings is 1. The largest absolute Gasteiger partial charge is 0.299 e. The van der Waals surface area contributed by atoms with E-state index in [0.717, 1.165) is 20.8 Å². The molecule has 0 atom stereocenters. The molecule has 1 aromatic rings. The van der Waals surface area contributed by atoms with Gasteiger partial charge in [-0.2, -0.15) is 0 Å². The summed E-state index contributed by atoms with van der Waals surface area (Å²) in [6, 6.07) is 5.77. The molecule has 0 unspecified atom stereocenters. The van der Waals surface area contributed by atoms with Crippen molar-refractivity contribution in [2.75, 3.05) is 0 Å². The van der Waals surface area contributed by atoms with Gasteiger partial charge in [-0.25, -0.2) is 0 Å². The molecule has 1 rings (SSSR count). The molecule has 1 nitrogen and oxygen atoms in total. The normalized spacial score (nSPS) is 10.5. The summed E-state index contributed by atoms with van der Waals surface area (Å²) >= 11 is 6.76. The van der Waals surface area contributed by atoms with Gasteiger partial charge in [0.15, 0.2) is 0 Å². The number of rotatable bonds is 2. The zero-order valence-electron chi connectivity index (χ0n) is 6.13. The molecule has 12 heavy (non-hydrogen) atoms. The van der Waals surface area contributed by atoms with Crippen molar-refractivity contribution in [2.45, 2.75) is 0 Å². The monoisotopic (exact) mass is 288 g/mol. The number of hydrogen-bond donors (Lipinski definition) is 0. The molecule has 0 saturated carbocycles. The van der Waals surface area contributed by atoms with Crippen molar-refractivity contribution >= 4 is 44.2 Å². The Hall–Kier alpha value is -0.410. The van der Waals surface area contributed by atoms with E-state index in [1.807, 2.05) is 18.2 Å². The quantitative estimate of drug-likeness (QED) is 0.602. The smallest absolute Gasteiger partial charge is 0.142 e. The molecule has 0 N–H and O–H groups in total. The zero-order valence-corrected chi connectivity index (χ0v) is 9.30. The van der Waals surface area contributed by atoms with E-state index in [1.54, 1.807) is 6.08 Å². The van der Waals surface area contributed by atoms with Crippen LogP contribution in [0.25, 0.3) is 6.08 Å². The maximum absolute atomic E-state index is 10.1. The van der Waals surface area contributed by atoms with Crippen molar-refractivity contribution < 1.29 is 4.79 Å². The minimum Gasteiger partial charge on any atom is -0.299 e. The Morgan fingerprint density at radius 1 is 1.17 bits per heavy atom. The number of halogens is 2. The molecule has 0 radical (unpaired) electrons. The molecule has 62 valence electrons. The van der Waals surface area contributed by atoms with Crippen LogP contribution in [-0.4, -0.2) is 6.29 Å².